The number of pyridine rings is 2. The lowest BCUT2D eigenvalue weighted by atomic mass is 10.0. The Bertz CT molecular complexity index is 1620. The fourth-order valence-electron chi connectivity index (χ4n) is 4.73. The fourth-order valence-corrected chi connectivity index (χ4v) is 5.62. The Balaban J connectivity index is 1.44. The first-order chi connectivity index (χ1) is 21.8. The van der Waals surface area contributed by atoms with Crippen molar-refractivity contribution in [3.8, 4) is 17.7 Å². The van der Waals surface area contributed by atoms with E-state index in [0.717, 1.165) is 12.3 Å². The van der Waals surface area contributed by atoms with Gasteiger partial charge in [-0.3, -0.25) is 4.79 Å². The lowest BCUT2D eigenvalue weighted by molar-refractivity contribution is -0.274. The minimum atomic E-state index is -4.89. The van der Waals surface area contributed by atoms with Gasteiger partial charge in [-0.05, 0) is 35.9 Å². The number of hydrogen-bond acceptors (Lipinski definition) is 10. The molecule has 3 aromatic rings. The predicted molar refractivity (Wildman–Crippen MR) is 152 cm³/mol. The molecule has 1 fully saturated rings. The molecule has 3 atom stereocenters. The molecule has 246 valence electrons. The number of hydrogen-bond donors (Lipinski definition) is 1. The molecule has 0 spiro atoms. The number of carbonyl (C=O) groups is 1. The lowest BCUT2D eigenvalue weighted by Gasteiger charge is -2.25. The number of ether oxygens (including phenoxy) is 3. The predicted octanol–water partition coefficient (Wildman–Crippen LogP) is 4.82. The van der Waals surface area contributed by atoms with E-state index in [1.165, 1.54) is 55.6 Å². The van der Waals surface area contributed by atoms with E-state index in [2.05, 4.69) is 24.8 Å². The highest BCUT2D eigenvalue weighted by Crippen LogP contribution is 2.29. The summed E-state index contributed by atoms with van der Waals surface area (Å²) in [7, 11) is -3.43. The third kappa shape index (κ3) is 9.23. The van der Waals surface area contributed by atoms with Crippen molar-refractivity contribution in [2.24, 2.45) is 0 Å². The summed E-state index contributed by atoms with van der Waals surface area (Å²) in [6, 6.07) is 11.7. The van der Waals surface area contributed by atoms with Gasteiger partial charge in [0.15, 0.2) is 9.84 Å². The van der Waals surface area contributed by atoms with E-state index >= 15 is 0 Å². The first-order valence-electron chi connectivity index (χ1n) is 13.8. The Morgan fingerprint density at radius 3 is 2.41 bits per heavy atom. The number of benzene rings is 1. The van der Waals surface area contributed by atoms with Gasteiger partial charge in [-0.2, -0.15) is 14.0 Å². The summed E-state index contributed by atoms with van der Waals surface area (Å²) in [4.78, 5) is 22.9. The maximum absolute atomic E-state index is 13.0. The van der Waals surface area contributed by atoms with Gasteiger partial charge >= 0.3 is 13.0 Å². The van der Waals surface area contributed by atoms with Crippen molar-refractivity contribution in [1.82, 2.24) is 15.3 Å². The van der Waals surface area contributed by atoms with E-state index in [9.17, 15) is 40.4 Å². The number of amides is 1. The average molecular weight is 670 g/mol. The average Bonchev–Trinajstić information content (AvgIpc) is 3.42. The maximum Gasteiger partial charge on any atom is 0.573 e. The van der Waals surface area contributed by atoms with E-state index in [1.54, 1.807) is 4.90 Å². The summed E-state index contributed by atoms with van der Waals surface area (Å²) in [5.41, 5.74) is 0.658. The summed E-state index contributed by atoms with van der Waals surface area (Å²) in [6.45, 7) is -1.76. The van der Waals surface area contributed by atoms with Gasteiger partial charge in [0.2, 0.25) is 5.88 Å². The van der Waals surface area contributed by atoms with Crippen LogP contribution in [0.25, 0.3) is 0 Å². The molecule has 1 N–H and O–H groups in total. The molecule has 0 unspecified atom stereocenters. The molecule has 0 bridgehead atoms. The Labute approximate surface area is 260 Å². The Hall–Kier alpha value is -4.56. The number of rotatable bonds is 13. The van der Waals surface area contributed by atoms with Gasteiger partial charge in [0.25, 0.3) is 5.91 Å². The molecule has 1 amide bonds. The van der Waals surface area contributed by atoms with Gasteiger partial charge in [-0.1, -0.05) is 19.1 Å². The van der Waals surface area contributed by atoms with Crippen LogP contribution < -0.4 is 19.7 Å². The smallest absolute Gasteiger partial charge is 0.472 e. The third-order valence-electron chi connectivity index (χ3n) is 6.95. The van der Waals surface area contributed by atoms with Gasteiger partial charge in [0, 0.05) is 18.7 Å². The highest BCUT2D eigenvalue weighted by molar-refractivity contribution is 7.91. The Kier molecular flexibility index (Phi) is 11.0. The molecule has 1 aromatic carbocycles. The number of sulfone groups is 1. The molecule has 1 saturated heterocycles. The lowest BCUT2D eigenvalue weighted by Crippen LogP contribution is -2.35. The van der Waals surface area contributed by atoms with Crippen molar-refractivity contribution in [3.63, 3.8) is 0 Å². The van der Waals surface area contributed by atoms with E-state index < -0.39 is 52.7 Å². The standard InChI is InChI=1S/C29H28F5N5O6S/c1-2-46(41,42)23-7-3-18(4-8-23)24(11-12-35)38-27(40)19-5-9-25(36-14-19)39-16-22(13-20(39)17-43-28(30)31)44-26-10-6-21(15-37-26)45-29(32,33)34/h3-10,14-15,20,22,24,28H,2,11,13,16-17H2,1H3,(H,38,40)/t20-,22-,24-/m0/s1. The number of halogens is 5. The van der Waals surface area contributed by atoms with Gasteiger partial charge in [0.05, 0.1) is 60.1 Å². The van der Waals surface area contributed by atoms with Crippen molar-refractivity contribution < 1.29 is 49.4 Å². The van der Waals surface area contributed by atoms with Crippen molar-refractivity contribution in [1.29, 1.82) is 5.26 Å². The SMILES string of the molecule is CCS(=O)(=O)c1ccc([C@H](CC#N)NC(=O)c2ccc(N3C[C@@H](Oc4ccc(OC(F)(F)F)cn4)C[C@H]3COC(F)F)nc2)cc1. The largest absolute Gasteiger partial charge is 0.573 e. The van der Waals surface area contributed by atoms with Crippen LogP contribution in [0.4, 0.5) is 27.8 Å². The monoisotopic (exact) mass is 669 g/mol. The van der Waals surface area contributed by atoms with Gasteiger partial charge < -0.3 is 24.4 Å². The molecular weight excluding hydrogens is 641 g/mol. The van der Waals surface area contributed by atoms with E-state index in [0.29, 0.717) is 11.4 Å². The number of nitrogens with one attached hydrogen (secondary N) is 1. The molecule has 11 nitrogen and oxygen atoms in total. The van der Waals surface area contributed by atoms with Crippen LogP contribution in [-0.4, -0.2) is 68.3 Å². The third-order valence-corrected chi connectivity index (χ3v) is 8.70. The number of nitrogens with zero attached hydrogens (tertiary/aromatic N) is 4. The second-order valence-electron chi connectivity index (χ2n) is 10.0. The first-order valence-corrected chi connectivity index (χ1v) is 15.4. The van der Waals surface area contributed by atoms with Crippen LogP contribution in [0.1, 0.15) is 41.7 Å². The van der Waals surface area contributed by atoms with Gasteiger partial charge in [0.1, 0.15) is 17.7 Å². The van der Waals surface area contributed by atoms with Crippen LogP contribution in [0.3, 0.4) is 0 Å². The van der Waals surface area contributed by atoms with E-state index in [-0.39, 0.29) is 48.1 Å². The number of alkyl halides is 5. The van der Waals surface area contributed by atoms with Crippen molar-refractivity contribution in [2.45, 2.75) is 55.8 Å². The van der Waals surface area contributed by atoms with Crippen molar-refractivity contribution in [3.05, 3.63) is 72.1 Å². The molecule has 46 heavy (non-hydrogen) atoms. The zero-order chi connectivity index (χ0) is 33.5. The van der Waals surface area contributed by atoms with Crippen LogP contribution in [-0.2, 0) is 14.6 Å². The maximum atomic E-state index is 13.0. The van der Waals surface area contributed by atoms with Crippen molar-refractivity contribution in [2.75, 3.05) is 23.8 Å². The number of carbonyl (C=O) groups excluding carboxylic acids is 1. The Morgan fingerprint density at radius 2 is 1.85 bits per heavy atom. The molecule has 0 aliphatic carbocycles. The van der Waals surface area contributed by atoms with Crippen LogP contribution in [0.5, 0.6) is 11.6 Å². The minimum Gasteiger partial charge on any atom is -0.472 e. The Morgan fingerprint density at radius 1 is 1.11 bits per heavy atom. The second-order valence-corrected chi connectivity index (χ2v) is 12.3. The summed E-state index contributed by atoms with van der Waals surface area (Å²) < 4.78 is 101. The molecule has 1 aliphatic rings. The van der Waals surface area contributed by atoms with Gasteiger partial charge in [-0.25, -0.2) is 18.4 Å². The molecule has 0 saturated carbocycles. The zero-order valence-electron chi connectivity index (χ0n) is 24.2. The molecule has 4 rings (SSSR count). The second kappa shape index (κ2) is 14.7. The highest BCUT2D eigenvalue weighted by Gasteiger charge is 2.36. The van der Waals surface area contributed by atoms with Crippen LogP contribution in [0.2, 0.25) is 0 Å². The summed E-state index contributed by atoms with van der Waals surface area (Å²) >= 11 is 0. The highest BCUT2D eigenvalue weighted by atomic mass is 32.2. The van der Waals surface area contributed by atoms with Crippen LogP contribution in [0.15, 0.2) is 65.8 Å². The molecule has 3 heterocycles. The summed E-state index contributed by atoms with van der Waals surface area (Å²) in [5, 5.41) is 12.0. The van der Waals surface area contributed by atoms with Gasteiger partial charge in [-0.15, -0.1) is 13.2 Å². The van der Waals surface area contributed by atoms with E-state index in [4.69, 9.17) is 4.74 Å². The molecular formula is C29H28F5N5O6S. The quantitative estimate of drug-likeness (QED) is 0.252. The molecule has 2 aromatic heterocycles. The number of aromatic nitrogens is 2. The molecule has 0 radical (unpaired) electrons. The van der Waals surface area contributed by atoms with E-state index in [1.807, 2.05) is 6.07 Å². The fraction of sp³-hybridized carbons (Fsp3) is 0.379. The minimum absolute atomic E-state index is 0.0107. The zero-order valence-corrected chi connectivity index (χ0v) is 25.0. The molecule has 17 heteroatoms. The van der Waals surface area contributed by atoms with Crippen LogP contribution >= 0.6 is 0 Å². The number of anilines is 1. The molecule has 1 aliphatic heterocycles. The first kappa shape index (κ1) is 34.3. The van der Waals surface area contributed by atoms with Crippen molar-refractivity contribution >= 4 is 21.6 Å². The summed E-state index contributed by atoms with van der Waals surface area (Å²) in [6.07, 6.45) is -3.30. The van der Waals surface area contributed by atoms with Crippen LogP contribution in [0, 0.1) is 11.3 Å². The number of nitriles is 1. The normalized spacial score (nSPS) is 17.4. The summed E-state index contributed by atoms with van der Waals surface area (Å²) in [5.74, 6) is -0.872. The topological polar surface area (TPSA) is 144 Å².